The maximum Gasteiger partial charge on any atom is 3.00 e. The van der Waals surface area contributed by atoms with Crippen LogP contribution >= 0.6 is 0 Å². The quantitative estimate of drug-likeness (QED) is 0.280. The third-order valence-electron chi connectivity index (χ3n) is 0. The first-order valence-electron chi connectivity index (χ1n) is 2.00. The van der Waals surface area contributed by atoms with Crippen molar-refractivity contribution in [2.24, 2.45) is 0 Å². The van der Waals surface area contributed by atoms with Crippen molar-refractivity contribution in [3.05, 3.63) is 0 Å². The Hall–Kier alpha value is 1.14. The summed E-state index contributed by atoms with van der Waals surface area (Å²) in [7, 11) is 0. The van der Waals surface area contributed by atoms with Crippen LogP contribution in [0.5, 0.6) is 0 Å². The van der Waals surface area contributed by atoms with Gasteiger partial charge in [0.05, 0.1) is 0 Å². The van der Waals surface area contributed by atoms with Crippen molar-refractivity contribution in [1.29, 1.82) is 0 Å². The molecule has 0 aromatic heterocycles. The van der Waals surface area contributed by atoms with E-state index >= 15 is 0 Å². The molecule has 0 saturated carbocycles. The molecule has 0 aliphatic heterocycles. The standard InChI is InChI=1S/2Al.3H2O4Se.H2O/c;;3*1-5(2,3)4;/h;;3*(H2,1,2,3,4);1H2/q2*+3;;;;/p-6. The van der Waals surface area contributed by atoms with Crippen LogP contribution in [-0.2, 0) is 23.0 Å². The van der Waals surface area contributed by atoms with Crippen LogP contribution in [0, 0.1) is 0 Å². The molecule has 0 aliphatic rings. The van der Waals surface area contributed by atoms with E-state index in [9.17, 15) is 0 Å². The van der Waals surface area contributed by atoms with Crippen LogP contribution in [0.3, 0.4) is 0 Å². The van der Waals surface area contributed by atoms with E-state index in [0.29, 0.717) is 0 Å². The summed E-state index contributed by atoms with van der Waals surface area (Å²) in [6, 6.07) is 0. The molecule has 0 spiro atoms. The average molecular weight is 501 g/mol. The van der Waals surface area contributed by atoms with Crippen molar-refractivity contribution < 1.29 is 53.6 Å². The van der Waals surface area contributed by atoms with Gasteiger partial charge in [-0.3, -0.25) is 0 Å². The fraction of sp³-hybridized carbons (Fsp3) is 0. The van der Waals surface area contributed by atoms with E-state index in [-0.39, 0.29) is 40.2 Å². The topological polar surface area (TPSA) is 272 Å². The summed E-state index contributed by atoms with van der Waals surface area (Å²) in [6.45, 7) is 0. The minimum atomic E-state index is -5.75. The van der Waals surface area contributed by atoms with E-state index in [1.165, 1.54) is 0 Å². The monoisotopic (exact) mass is 504 g/mol. The summed E-state index contributed by atoms with van der Waals surface area (Å²) in [4.78, 5) is 0. The Kier molecular flexibility index (Phi) is 29.5. The molecular formula is H2Al2O13Se3. The van der Waals surface area contributed by atoms with Crippen molar-refractivity contribution >= 4 is 74.8 Å². The van der Waals surface area contributed by atoms with E-state index in [1.807, 2.05) is 0 Å². The zero-order valence-electron chi connectivity index (χ0n) is 7.78. The Bertz CT molecular complexity index is 341. The molecule has 0 unspecified atom stereocenters. The van der Waals surface area contributed by atoms with Gasteiger partial charge in [0.15, 0.2) is 0 Å². The van der Waals surface area contributed by atoms with Gasteiger partial charge in [-0.2, -0.15) is 0 Å². The van der Waals surface area contributed by atoms with Crippen LogP contribution in [0.15, 0.2) is 0 Å². The first-order valence-corrected chi connectivity index (χ1v) is 10.4. The average Bonchev–Trinajstić information content (AvgIpc) is 1.41. The zero-order valence-corrected chi connectivity index (χ0v) is 15.2. The summed E-state index contributed by atoms with van der Waals surface area (Å²) >= 11 is -17.2. The van der Waals surface area contributed by atoms with Crippen LogP contribution in [0.2, 0.25) is 0 Å². The summed E-state index contributed by atoms with van der Waals surface area (Å²) in [5.41, 5.74) is 0. The van der Waals surface area contributed by atoms with Crippen molar-refractivity contribution in [2.75, 3.05) is 0 Å². The van der Waals surface area contributed by atoms with E-state index in [1.54, 1.807) is 0 Å². The predicted octanol–water partition coefficient (Wildman–Crippen LogP) is -10.6. The molecule has 0 aromatic carbocycles. The fourth-order valence-corrected chi connectivity index (χ4v) is 0. The van der Waals surface area contributed by atoms with Crippen LogP contribution in [0.25, 0.3) is 0 Å². The maximum absolute atomic E-state index is 8.59. The minimum absolute atomic E-state index is 0. The van der Waals surface area contributed by atoms with Gasteiger partial charge in [-0.15, -0.1) is 0 Å². The normalized spacial score (nSPS) is 9.67. The Morgan fingerprint density at radius 2 is 0.444 bits per heavy atom. The third kappa shape index (κ3) is 3420. The van der Waals surface area contributed by atoms with Crippen molar-refractivity contribution in [3.63, 3.8) is 0 Å². The minimum Gasteiger partial charge on any atom is 3.00 e. The SMILES string of the molecule is O.O=[Se](=O)([O-])[O-].O=[Se](=O)([O-])[O-].O=[Se](=O)([O-])[O-].[Al+3].[Al+3]. The fourth-order valence-electron chi connectivity index (χ4n) is 0. The van der Waals surface area contributed by atoms with Gasteiger partial charge in [-0.05, 0) is 0 Å². The van der Waals surface area contributed by atoms with E-state index < -0.39 is 40.1 Å². The van der Waals surface area contributed by atoms with Gasteiger partial charge in [0, 0.05) is 0 Å². The van der Waals surface area contributed by atoms with Gasteiger partial charge >= 0.3 is 123 Å². The predicted molar refractivity (Wildman–Crippen MR) is 36.5 cm³/mol. The molecule has 18 heavy (non-hydrogen) atoms. The molecule has 0 rings (SSSR count). The maximum atomic E-state index is 8.59. The summed E-state index contributed by atoms with van der Waals surface area (Å²) in [5.74, 6) is 0. The molecule has 0 bridgehead atoms. The third-order valence-corrected chi connectivity index (χ3v) is 0. The van der Waals surface area contributed by atoms with Crippen LogP contribution < -0.4 is 25.1 Å². The second-order valence-electron chi connectivity index (χ2n) is 1.22. The summed E-state index contributed by atoms with van der Waals surface area (Å²) in [5, 5.41) is 0. The van der Waals surface area contributed by atoms with Gasteiger partial charge in [-0.25, -0.2) is 0 Å². The molecule has 0 heterocycles. The molecule has 13 nitrogen and oxygen atoms in total. The van der Waals surface area contributed by atoms with Gasteiger partial charge in [0.1, 0.15) is 0 Å². The number of rotatable bonds is 0. The molecule has 0 aromatic rings. The molecule has 0 aliphatic carbocycles. The Balaban J connectivity index is -0.0000000277. The summed E-state index contributed by atoms with van der Waals surface area (Å²) in [6.07, 6.45) is 0. The number of hydrogen-bond donors (Lipinski definition) is 0. The first-order chi connectivity index (χ1) is 6.00. The Morgan fingerprint density at radius 1 is 0.444 bits per heavy atom. The van der Waals surface area contributed by atoms with E-state index in [0.717, 1.165) is 0 Å². The Morgan fingerprint density at radius 3 is 0.444 bits per heavy atom. The second kappa shape index (κ2) is 14.6. The van der Waals surface area contributed by atoms with E-state index in [2.05, 4.69) is 0 Å². The molecule has 0 radical (unpaired) electrons. The molecule has 0 fully saturated rings. The van der Waals surface area contributed by atoms with Crippen LogP contribution in [-0.4, -0.2) is 80.3 Å². The van der Waals surface area contributed by atoms with Crippen molar-refractivity contribution in [1.82, 2.24) is 0 Å². The van der Waals surface area contributed by atoms with Gasteiger partial charge in [-0.1, -0.05) is 0 Å². The van der Waals surface area contributed by atoms with Crippen molar-refractivity contribution in [2.45, 2.75) is 0 Å². The zero-order chi connectivity index (χ0) is 13.5. The van der Waals surface area contributed by atoms with Gasteiger partial charge in [0.2, 0.25) is 0 Å². The molecule has 104 valence electrons. The smallest absolute Gasteiger partial charge is 3.00 e. The molecule has 2 N–H and O–H groups in total. The van der Waals surface area contributed by atoms with Crippen LogP contribution in [0.1, 0.15) is 0 Å². The first kappa shape index (κ1) is 36.5. The van der Waals surface area contributed by atoms with Gasteiger partial charge in [0.25, 0.3) is 0 Å². The number of hydrogen-bond acceptors (Lipinski definition) is 12. The molecule has 0 atom stereocenters. The van der Waals surface area contributed by atoms with Crippen molar-refractivity contribution in [3.8, 4) is 0 Å². The van der Waals surface area contributed by atoms with Gasteiger partial charge < -0.3 is 5.48 Å². The second-order valence-corrected chi connectivity index (χ2v) is 6.36. The molecule has 0 saturated heterocycles. The molecule has 18 heteroatoms. The largest absolute Gasteiger partial charge is 3.00 e. The molecular weight excluding hydrogens is 499 g/mol. The molecule has 0 amide bonds. The van der Waals surface area contributed by atoms with Crippen LogP contribution in [0.4, 0.5) is 0 Å². The van der Waals surface area contributed by atoms with E-state index in [4.69, 9.17) is 48.1 Å². The Labute approximate surface area is 127 Å². The summed E-state index contributed by atoms with van der Waals surface area (Å²) < 4.78 is 103.